The second-order valence-corrected chi connectivity index (χ2v) is 5.05. The Morgan fingerprint density at radius 1 is 1.58 bits per heavy atom. The van der Waals surface area contributed by atoms with Gasteiger partial charge in [0.1, 0.15) is 10.8 Å². The maximum atomic E-state index is 11.9. The first-order valence-corrected chi connectivity index (χ1v) is 6.65. The molecule has 0 aliphatic carbocycles. The number of aromatic nitrogens is 1. The number of rotatable bonds is 4. The Kier molecular flexibility index (Phi) is 4.37. The van der Waals surface area contributed by atoms with Gasteiger partial charge >= 0.3 is 0 Å². The van der Waals surface area contributed by atoms with E-state index in [1.165, 1.54) is 0 Å². The SMILES string of the molecule is CC(CN1CCCC1=O)NC(=O)c1cccc(Cl)n1. The monoisotopic (exact) mass is 281 g/mol. The summed E-state index contributed by atoms with van der Waals surface area (Å²) >= 11 is 5.74. The number of hydrogen-bond acceptors (Lipinski definition) is 3. The Morgan fingerprint density at radius 2 is 2.37 bits per heavy atom. The van der Waals surface area contributed by atoms with Crippen molar-refractivity contribution in [2.24, 2.45) is 0 Å². The summed E-state index contributed by atoms with van der Waals surface area (Å²) in [5, 5.41) is 3.10. The van der Waals surface area contributed by atoms with Crippen molar-refractivity contribution < 1.29 is 9.59 Å². The smallest absolute Gasteiger partial charge is 0.270 e. The summed E-state index contributed by atoms with van der Waals surface area (Å²) in [5.74, 6) is -0.122. The van der Waals surface area contributed by atoms with E-state index in [0.717, 1.165) is 13.0 Å². The second-order valence-electron chi connectivity index (χ2n) is 4.66. The van der Waals surface area contributed by atoms with Gasteiger partial charge in [-0.25, -0.2) is 4.98 Å². The number of carbonyl (C=O) groups is 2. The summed E-state index contributed by atoms with van der Waals surface area (Å²) in [6, 6.07) is 4.79. The predicted molar refractivity (Wildman–Crippen MR) is 72.0 cm³/mol. The molecule has 1 aliphatic heterocycles. The fourth-order valence-corrected chi connectivity index (χ4v) is 2.27. The molecule has 1 atom stereocenters. The van der Waals surface area contributed by atoms with E-state index in [1.807, 2.05) is 6.92 Å². The lowest BCUT2D eigenvalue weighted by molar-refractivity contribution is -0.127. The highest BCUT2D eigenvalue weighted by Gasteiger charge is 2.22. The lowest BCUT2D eigenvalue weighted by Crippen LogP contribution is -2.42. The van der Waals surface area contributed by atoms with Gasteiger partial charge < -0.3 is 10.2 Å². The minimum atomic E-state index is -0.276. The number of nitrogens with zero attached hydrogens (tertiary/aromatic N) is 2. The van der Waals surface area contributed by atoms with Crippen molar-refractivity contribution in [2.45, 2.75) is 25.8 Å². The van der Waals surface area contributed by atoms with E-state index in [1.54, 1.807) is 23.1 Å². The van der Waals surface area contributed by atoms with Crippen LogP contribution in [0.15, 0.2) is 18.2 Å². The van der Waals surface area contributed by atoms with E-state index >= 15 is 0 Å². The number of carbonyl (C=O) groups excluding carboxylic acids is 2. The Bertz CT molecular complexity index is 493. The summed E-state index contributed by atoms with van der Waals surface area (Å²) in [6.45, 7) is 3.17. The highest BCUT2D eigenvalue weighted by Crippen LogP contribution is 2.10. The van der Waals surface area contributed by atoms with Crippen LogP contribution in [0.3, 0.4) is 0 Å². The quantitative estimate of drug-likeness (QED) is 0.850. The predicted octanol–water partition coefficient (Wildman–Crippen LogP) is 1.48. The summed E-state index contributed by atoms with van der Waals surface area (Å²) in [7, 11) is 0. The van der Waals surface area contributed by atoms with Crippen LogP contribution in [0.25, 0.3) is 0 Å². The molecule has 19 heavy (non-hydrogen) atoms. The van der Waals surface area contributed by atoms with Crippen LogP contribution in [-0.4, -0.2) is 40.8 Å². The molecule has 1 N–H and O–H groups in total. The van der Waals surface area contributed by atoms with E-state index in [0.29, 0.717) is 13.0 Å². The van der Waals surface area contributed by atoms with Crippen molar-refractivity contribution >= 4 is 23.4 Å². The van der Waals surface area contributed by atoms with Crippen molar-refractivity contribution in [2.75, 3.05) is 13.1 Å². The average molecular weight is 282 g/mol. The topological polar surface area (TPSA) is 62.3 Å². The first-order chi connectivity index (χ1) is 9.06. The van der Waals surface area contributed by atoms with E-state index < -0.39 is 0 Å². The van der Waals surface area contributed by atoms with Gasteiger partial charge in [0, 0.05) is 25.6 Å². The second kappa shape index (κ2) is 6.02. The maximum Gasteiger partial charge on any atom is 0.270 e. The van der Waals surface area contributed by atoms with Crippen LogP contribution < -0.4 is 5.32 Å². The van der Waals surface area contributed by atoms with Crippen LogP contribution in [0, 0.1) is 0 Å². The molecule has 2 rings (SSSR count). The third-order valence-corrected chi connectivity index (χ3v) is 3.20. The molecule has 0 spiro atoms. The standard InChI is InChI=1S/C13H16ClN3O2/c1-9(8-17-7-3-6-12(17)18)15-13(19)10-4-2-5-11(14)16-10/h2,4-5,9H,3,6-8H2,1H3,(H,15,19). The van der Waals surface area contributed by atoms with Gasteiger partial charge in [-0.2, -0.15) is 0 Å². The van der Waals surface area contributed by atoms with E-state index in [2.05, 4.69) is 10.3 Å². The molecule has 2 amide bonds. The number of likely N-dealkylation sites (tertiary alicyclic amines) is 1. The van der Waals surface area contributed by atoms with Gasteiger partial charge in [-0.15, -0.1) is 0 Å². The zero-order valence-electron chi connectivity index (χ0n) is 10.7. The van der Waals surface area contributed by atoms with Gasteiger partial charge in [0.15, 0.2) is 0 Å². The van der Waals surface area contributed by atoms with Crippen LogP contribution in [-0.2, 0) is 4.79 Å². The molecule has 1 aliphatic rings. The molecule has 6 heteroatoms. The molecule has 0 bridgehead atoms. The van der Waals surface area contributed by atoms with Gasteiger partial charge in [-0.05, 0) is 25.5 Å². The molecule has 0 aromatic carbocycles. The Labute approximate surface area is 117 Å². The largest absolute Gasteiger partial charge is 0.346 e. The fourth-order valence-electron chi connectivity index (χ4n) is 2.11. The summed E-state index contributed by atoms with van der Waals surface area (Å²) in [4.78, 5) is 29.1. The van der Waals surface area contributed by atoms with Crippen LogP contribution in [0.1, 0.15) is 30.3 Å². The average Bonchev–Trinajstić information content (AvgIpc) is 2.75. The minimum Gasteiger partial charge on any atom is -0.346 e. The lowest BCUT2D eigenvalue weighted by atomic mass is 10.2. The van der Waals surface area contributed by atoms with E-state index in [-0.39, 0.29) is 28.7 Å². The van der Waals surface area contributed by atoms with Gasteiger partial charge in [0.2, 0.25) is 5.91 Å². The molecule has 102 valence electrons. The van der Waals surface area contributed by atoms with Crippen LogP contribution in [0.5, 0.6) is 0 Å². The molecular formula is C13H16ClN3O2. The first-order valence-electron chi connectivity index (χ1n) is 6.27. The van der Waals surface area contributed by atoms with Gasteiger partial charge in [0.25, 0.3) is 5.91 Å². The number of amides is 2. The van der Waals surface area contributed by atoms with Gasteiger partial charge in [0.05, 0.1) is 0 Å². The van der Waals surface area contributed by atoms with Gasteiger partial charge in [-0.3, -0.25) is 9.59 Å². The van der Waals surface area contributed by atoms with E-state index in [9.17, 15) is 9.59 Å². The zero-order valence-corrected chi connectivity index (χ0v) is 11.5. The highest BCUT2D eigenvalue weighted by atomic mass is 35.5. The molecule has 1 aromatic heterocycles. The fraction of sp³-hybridized carbons (Fsp3) is 0.462. The van der Waals surface area contributed by atoms with Crippen LogP contribution in [0.2, 0.25) is 5.15 Å². The molecule has 1 unspecified atom stereocenters. The van der Waals surface area contributed by atoms with Crippen LogP contribution >= 0.6 is 11.6 Å². The minimum absolute atomic E-state index is 0.115. The molecule has 5 nitrogen and oxygen atoms in total. The van der Waals surface area contributed by atoms with Crippen molar-refractivity contribution in [1.29, 1.82) is 0 Å². The lowest BCUT2D eigenvalue weighted by Gasteiger charge is -2.21. The third-order valence-electron chi connectivity index (χ3n) is 2.99. The normalized spacial score (nSPS) is 16.5. The third kappa shape index (κ3) is 3.67. The molecule has 2 heterocycles. The molecule has 1 saturated heterocycles. The van der Waals surface area contributed by atoms with Gasteiger partial charge in [-0.1, -0.05) is 17.7 Å². The summed E-state index contributed by atoms with van der Waals surface area (Å²) in [6.07, 6.45) is 1.51. The van der Waals surface area contributed by atoms with E-state index in [4.69, 9.17) is 11.6 Å². The zero-order chi connectivity index (χ0) is 13.8. The molecular weight excluding hydrogens is 266 g/mol. The first kappa shape index (κ1) is 13.8. The van der Waals surface area contributed by atoms with Crippen molar-refractivity contribution in [3.63, 3.8) is 0 Å². The highest BCUT2D eigenvalue weighted by molar-refractivity contribution is 6.29. The van der Waals surface area contributed by atoms with Crippen molar-refractivity contribution in [3.8, 4) is 0 Å². The maximum absolute atomic E-state index is 11.9. The Balaban J connectivity index is 1.89. The van der Waals surface area contributed by atoms with Crippen molar-refractivity contribution in [1.82, 2.24) is 15.2 Å². The van der Waals surface area contributed by atoms with Crippen LogP contribution in [0.4, 0.5) is 0 Å². The Morgan fingerprint density at radius 3 is 3.00 bits per heavy atom. The summed E-state index contributed by atoms with van der Waals surface area (Å²) < 4.78 is 0. The number of hydrogen-bond donors (Lipinski definition) is 1. The Hall–Kier alpha value is -1.62. The summed E-state index contributed by atoms with van der Waals surface area (Å²) in [5.41, 5.74) is 0.284. The molecule has 1 fully saturated rings. The number of halogens is 1. The number of nitrogens with one attached hydrogen (secondary N) is 1. The molecule has 1 aromatic rings. The number of pyridine rings is 1. The molecule has 0 saturated carbocycles. The molecule has 0 radical (unpaired) electrons. The van der Waals surface area contributed by atoms with Crippen molar-refractivity contribution in [3.05, 3.63) is 29.0 Å².